The van der Waals surface area contributed by atoms with E-state index in [1.807, 2.05) is 6.07 Å². The summed E-state index contributed by atoms with van der Waals surface area (Å²) in [6.07, 6.45) is 0. The average Bonchev–Trinajstić information content (AvgIpc) is 2.92. The molecular formula is C16H14ClFN2O. The fourth-order valence-corrected chi connectivity index (χ4v) is 2.66. The third-order valence-electron chi connectivity index (χ3n) is 3.53. The van der Waals surface area contributed by atoms with Gasteiger partial charge in [0.05, 0.1) is 10.6 Å². The Morgan fingerprint density at radius 3 is 2.81 bits per heavy atom. The van der Waals surface area contributed by atoms with Crippen molar-refractivity contribution in [1.82, 2.24) is 10.6 Å². The van der Waals surface area contributed by atoms with Crippen LogP contribution >= 0.6 is 11.6 Å². The highest BCUT2D eigenvalue weighted by Crippen LogP contribution is 2.19. The van der Waals surface area contributed by atoms with Crippen molar-refractivity contribution in [3.63, 3.8) is 0 Å². The molecule has 0 fully saturated rings. The summed E-state index contributed by atoms with van der Waals surface area (Å²) < 4.78 is 13.0. The highest BCUT2D eigenvalue weighted by molar-refractivity contribution is 6.33. The predicted octanol–water partition coefficient (Wildman–Crippen LogP) is 3.01. The molecule has 0 saturated carbocycles. The summed E-state index contributed by atoms with van der Waals surface area (Å²) in [4.78, 5) is 12.1. The molecule has 5 heteroatoms. The lowest BCUT2D eigenvalue weighted by molar-refractivity contribution is 0.0951. The number of nitrogens with one attached hydrogen (secondary N) is 2. The van der Waals surface area contributed by atoms with Gasteiger partial charge in [0, 0.05) is 19.6 Å². The summed E-state index contributed by atoms with van der Waals surface area (Å²) in [6, 6.07) is 9.90. The lowest BCUT2D eigenvalue weighted by Crippen LogP contribution is -2.23. The third-order valence-corrected chi connectivity index (χ3v) is 3.84. The third kappa shape index (κ3) is 3.06. The summed E-state index contributed by atoms with van der Waals surface area (Å²) in [6.45, 7) is 2.17. The summed E-state index contributed by atoms with van der Waals surface area (Å²) in [5.74, 6) is -0.763. The van der Waals surface area contributed by atoms with E-state index in [4.69, 9.17) is 11.6 Å². The lowest BCUT2D eigenvalue weighted by Gasteiger charge is -2.08. The number of carbonyl (C=O) groups excluding carboxylic acids is 1. The molecule has 2 aromatic carbocycles. The summed E-state index contributed by atoms with van der Waals surface area (Å²) in [5, 5.41) is 6.19. The molecule has 3 nitrogen and oxygen atoms in total. The first-order valence-electron chi connectivity index (χ1n) is 6.68. The van der Waals surface area contributed by atoms with Gasteiger partial charge in [-0.2, -0.15) is 0 Å². The molecular weight excluding hydrogens is 291 g/mol. The van der Waals surface area contributed by atoms with Crippen molar-refractivity contribution in [2.75, 3.05) is 0 Å². The van der Waals surface area contributed by atoms with Gasteiger partial charge in [-0.3, -0.25) is 4.79 Å². The minimum absolute atomic E-state index is 0.116. The van der Waals surface area contributed by atoms with Crippen molar-refractivity contribution < 1.29 is 9.18 Å². The molecule has 108 valence electrons. The Morgan fingerprint density at radius 1 is 1.19 bits per heavy atom. The van der Waals surface area contributed by atoms with Crippen LogP contribution in [0.25, 0.3) is 0 Å². The Morgan fingerprint density at radius 2 is 2.00 bits per heavy atom. The molecule has 0 aromatic heterocycles. The Hall–Kier alpha value is -1.91. The molecule has 0 spiro atoms. The van der Waals surface area contributed by atoms with Crippen LogP contribution in [0.4, 0.5) is 4.39 Å². The van der Waals surface area contributed by atoms with E-state index in [1.54, 1.807) is 0 Å². The molecule has 1 aliphatic rings. The number of carbonyl (C=O) groups is 1. The number of rotatable bonds is 3. The summed E-state index contributed by atoms with van der Waals surface area (Å²) in [7, 11) is 0. The molecule has 3 rings (SSSR count). The Bertz CT molecular complexity index is 703. The molecule has 21 heavy (non-hydrogen) atoms. The van der Waals surface area contributed by atoms with Crippen LogP contribution in [0.2, 0.25) is 5.02 Å². The lowest BCUT2D eigenvalue weighted by atomic mass is 10.1. The van der Waals surface area contributed by atoms with Crippen molar-refractivity contribution in [3.05, 3.63) is 69.5 Å². The van der Waals surface area contributed by atoms with Crippen LogP contribution in [0.5, 0.6) is 0 Å². The van der Waals surface area contributed by atoms with Crippen LogP contribution in [-0.2, 0) is 19.6 Å². The van der Waals surface area contributed by atoms with Gasteiger partial charge in [-0.05, 0) is 34.9 Å². The van der Waals surface area contributed by atoms with Gasteiger partial charge in [-0.1, -0.05) is 29.8 Å². The van der Waals surface area contributed by atoms with Gasteiger partial charge >= 0.3 is 0 Å². The second-order valence-electron chi connectivity index (χ2n) is 5.01. The van der Waals surface area contributed by atoms with Crippen LogP contribution in [-0.4, -0.2) is 5.91 Å². The van der Waals surface area contributed by atoms with Crippen molar-refractivity contribution in [2.24, 2.45) is 0 Å². The number of hydrogen-bond donors (Lipinski definition) is 2. The molecule has 1 amide bonds. The van der Waals surface area contributed by atoms with Gasteiger partial charge in [-0.25, -0.2) is 4.39 Å². The minimum Gasteiger partial charge on any atom is -0.348 e. The van der Waals surface area contributed by atoms with E-state index >= 15 is 0 Å². The van der Waals surface area contributed by atoms with Gasteiger partial charge < -0.3 is 10.6 Å². The van der Waals surface area contributed by atoms with Crippen LogP contribution in [0, 0.1) is 5.82 Å². The first kappa shape index (κ1) is 14.0. The maximum atomic E-state index is 13.0. The quantitative estimate of drug-likeness (QED) is 0.915. The number of amides is 1. The molecule has 2 N–H and O–H groups in total. The van der Waals surface area contributed by atoms with Crippen LogP contribution in [0.3, 0.4) is 0 Å². The van der Waals surface area contributed by atoms with Gasteiger partial charge in [0.25, 0.3) is 5.91 Å². The van der Waals surface area contributed by atoms with Gasteiger partial charge in [-0.15, -0.1) is 0 Å². The Labute approximate surface area is 127 Å². The number of fused-ring (bicyclic) bond motifs is 1. The molecule has 0 saturated heterocycles. The standard InChI is InChI=1S/C16H14ClFN2O/c17-15-6-13(18)3-4-14(15)16(21)20-7-10-1-2-11-8-19-9-12(11)5-10/h1-6,19H,7-9H2,(H,20,21). The zero-order valence-electron chi connectivity index (χ0n) is 11.2. The first-order valence-corrected chi connectivity index (χ1v) is 7.06. The monoisotopic (exact) mass is 304 g/mol. The van der Waals surface area contributed by atoms with Crippen molar-refractivity contribution >= 4 is 17.5 Å². The Kier molecular flexibility index (Phi) is 3.90. The van der Waals surface area contributed by atoms with Gasteiger partial charge in [0.15, 0.2) is 0 Å². The molecule has 0 atom stereocenters. The largest absolute Gasteiger partial charge is 0.348 e. The topological polar surface area (TPSA) is 41.1 Å². The number of hydrogen-bond acceptors (Lipinski definition) is 2. The molecule has 1 heterocycles. The average molecular weight is 305 g/mol. The maximum absolute atomic E-state index is 13.0. The maximum Gasteiger partial charge on any atom is 0.253 e. The highest BCUT2D eigenvalue weighted by atomic mass is 35.5. The van der Waals surface area contributed by atoms with Crippen LogP contribution in [0.15, 0.2) is 36.4 Å². The van der Waals surface area contributed by atoms with E-state index in [-0.39, 0.29) is 16.5 Å². The van der Waals surface area contributed by atoms with E-state index in [0.29, 0.717) is 6.54 Å². The van der Waals surface area contributed by atoms with E-state index in [0.717, 1.165) is 24.7 Å². The van der Waals surface area contributed by atoms with Gasteiger partial charge in [0.2, 0.25) is 0 Å². The number of halogens is 2. The fraction of sp³-hybridized carbons (Fsp3) is 0.188. The molecule has 0 radical (unpaired) electrons. The summed E-state index contributed by atoms with van der Waals surface area (Å²) >= 11 is 5.87. The van der Waals surface area contributed by atoms with Gasteiger partial charge in [0.1, 0.15) is 5.82 Å². The van der Waals surface area contributed by atoms with E-state index in [9.17, 15) is 9.18 Å². The first-order chi connectivity index (χ1) is 10.1. The summed E-state index contributed by atoms with van der Waals surface area (Å²) in [5.41, 5.74) is 3.87. The van der Waals surface area contributed by atoms with Crippen LogP contribution < -0.4 is 10.6 Å². The smallest absolute Gasteiger partial charge is 0.253 e. The fourth-order valence-electron chi connectivity index (χ4n) is 2.41. The van der Waals surface area contributed by atoms with Crippen molar-refractivity contribution in [2.45, 2.75) is 19.6 Å². The minimum atomic E-state index is -0.456. The van der Waals surface area contributed by atoms with E-state index in [2.05, 4.69) is 22.8 Å². The van der Waals surface area contributed by atoms with E-state index in [1.165, 1.54) is 23.3 Å². The highest BCUT2D eigenvalue weighted by Gasteiger charge is 2.12. The van der Waals surface area contributed by atoms with Crippen molar-refractivity contribution in [3.8, 4) is 0 Å². The predicted molar refractivity (Wildman–Crippen MR) is 79.6 cm³/mol. The Balaban J connectivity index is 1.68. The molecule has 0 aliphatic carbocycles. The number of benzene rings is 2. The van der Waals surface area contributed by atoms with Crippen LogP contribution in [0.1, 0.15) is 27.0 Å². The van der Waals surface area contributed by atoms with E-state index < -0.39 is 5.82 Å². The normalized spacial score (nSPS) is 13.0. The molecule has 0 unspecified atom stereocenters. The zero-order valence-corrected chi connectivity index (χ0v) is 12.0. The zero-order chi connectivity index (χ0) is 14.8. The molecule has 0 bridgehead atoms. The SMILES string of the molecule is O=C(NCc1ccc2c(c1)CNC2)c1ccc(F)cc1Cl. The second-order valence-corrected chi connectivity index (χ2v) is 5.42. The molecule has 1 aliphatic heterocycles. The second kappa shape index (κ2) is 5.84. The molecule has 2 aromatic rings. The van der Waals surface area contributed by atoms with Crippen molar-refractivity contribution in [1.29, 1.82) is 0 Å².